The summed E-state index contributed by atoms with van der Waals surface area (Å²) in [7, 11) is 2.90. The lowest BCUT2D eigenvalue weighted by Gasteiger charge is -2.13. The second-order valence-electron chi connectivity index (χ2n) is 6.43. The Kier molecular flexibility index (Phi) is 5.31. The minimum Gasteiger partial charge on any atom is -0.504 e. The quantitative estimate of drug-likeness (QED) is 0.476. The van der Waals surface area contributed by atoms with E-state index >= 15 is 0 Å². The number of benzene rings is 1. The van der Waals surface area contributed by atoms with Crippen LogP contribution in [0.5, 0.6) is 17.2 Å². The summed E-state index contributed by atoms with van der Waals surface area (Å²) in [5.41, 5.74) is 0.472. The van der Waals surface area contributed by atoms with Crippen LogP contribution < -0.4 is 9.47 Å². The number of rotatable bonds is 5. The van der Waals surface area contributed by atoms with Gasteiger partial charge in [0.15, 0.2) is 17.1 Å². The first-order valence-electron chi connectivity index (χ1n) is 8.74. The molecule has 0 bridgehead atoms. The Morgan fingerprint density at radius 3 is 2.48 bits per heavy atom. The number of carbonyl (C=O) groups is 1. The molecular weight excluding hydrogens is 320 g/mol. The van der Waals surface area contributed by atoms with Gasteiger partial charge in [0.25, 0.3) is 0 Å². The van der Waals surface area contributed by atoms with Crippen molar-refractivity contribution in [3.8, 4) is 17.2 Å². The van der Waals surface area contributed by atoms with Crippen molar-refractivity contribution >= 4 is 16.8 Å². The van der Waals surface area contributed by atoms with E-state index < -0.39 is 0 Å². The molecule has 1 aliphatic carbocycles. The average molecular weight is 344 g/mol. The van der Waals surface area contributed by atoms with Gasteiger partial charge in [0.05, 0.1) is 25.9 Å². The SMILES string of the molecule is COc1c(C(=O)/C=C/C2CCCCCC2)c(O)c(OC)c2occc12. The van der Waals surface area contributed by atoms with Crippen LogP contribution in [0.4, 0.5) is 0 Å². The number of hydrogen-bond donors (Lipinski definition) is 1. The molecule has 1 aromatic heterocycles. The molecule has 1 aromatic carbocycles. The van der Waals surface area contributed by atoms with Crippen LogP contribution in [0, 0.1) is 5.92 Å². The summed E-state index contributed by atoms with van der Waals surface area (Å²) in [6, 6.07) is 1.70. The van der Waals surface area contributed by atoms with Gasteiger partial charge in [-0.15, -0.1) is 0 Å². The molecule has 25 heavy (non-hydrogen) atoms. The topological polar surface area (TPSA) is 68.9 Å². The lowest BCUT2D eigenvalue weighted by Crippen LogP contribution is -2.03. The summed E-state index contributed by atoms with van der Waals surface area (Å²) in [6.07, 6.45) is 12.2. The van der Waals surface area contributed by atoms with Crippen LogP contribution >= 0.6 is 0 Å². The van der Waals surface area contributed by atoms with Gasteiger partial charge in [-0.2, -0.15) is 0 Å². The molecule has 0 unspecified atom stereocenters. The molecule has 0 atom stereocenters. The van der Waals surface area contributed by atoms with Gasteiger partial charge >= 0.3 is 0 Å². The molecule has 2 aromatic rings. The Balaban J connectivity index is 1.98. The molecule has 3 rings (SSSR count). The number of phenolic OH excluding ortho intramolecular Hbond substituents is 1. The summed E-state index contributed by atoms with van der Waals surface area (Å²) in [5.74, 6) is 0.320. The Labute approximate surface area is 147 Å². The second-order valence-corrected chi connectivity index (χ2v) is 6.43. The number of furan rings is 1. The van der Waals surface area contributed by atoms with Crippen molar-refractivity contribution < 1.29 is 23.8 Å². The van der Waals surface area contributed by atoms with Gasteiger partial charge in [0.2, 0.25) is 5.75 Å². The Morgan fingerprint density at radius 2 is 1.84 bits per heavy atom. The monoisotopic (exact) mass is 344 g/mol. The smallest absolute Gasteiger partial charge is 0.205 e. The highest BCUT2D eigenvalue weighted by atomic mass is 16.5. The number of fused-ring (bicyclic) bond motifs is 1. The first-order chi connectivity index (χ1) is 12.2. The van der Waals surface area contributed by atoms with Crippen molar-refractivity contribution in [3.63, 3.8) is 0 Å². The van der Waals surface area contributed by atoms with E-state index in [-0.39, 0.29) is 22.8 Å². The van der Waals surface area contributed by atoms with E-state index in [9.17, 15) is 9.90 Å². The number of phenols is 1. The Bertz CT molecular complexity index is 779. The van der Waals surface area contributed by atoms with Crippen molar-refractivity contribution in [3.05, 3.63) is 30.0 Å². The van der Waals surface area contributed by atoms with E-state index in [1.165, 1.54) is 46.2 Å². The van der Waals surface area contributed by atoms with Gasteiger partial charge < -0.3 is 19.0 Å². The fourth-order valence-electron chi connectivity index (χ4n) is 3.57. The number of carbonyl (C=O) groups excluding carboxylic acids is 1. The molecule has 134 valence electrons. The fraction of sp³-hybridized carbons (Fsp3) is 0.450. The zero-order valence-corrected chi connectivity index (χ0v) is 14.7. The van der Waals surface area contributed by atoms with Crippen molar-refractivity contribution in [2.45, 2.75) is 38.5 Å². The molecule has 5 nitrogen and oxygen atoms in total. The van der Waals surface area contributed by atoms with Gasteiger partial charge in [-0.25, -0.2) is 0 Å². The number of allylic oxidation sites excluding steroid dienone is 2. The standard InChI is InChI=1S/C20H24O5/c1-23-18-14-11-12-25-19(14)20(24-2)17(22)16(18)15(21)10-9-13-7-5-3-4-6-8-13/h9-13,22H,3-8H2,1-2H3/b10-9+. The lowest BCUT2D eigenvalue weighted by molar-refractivity contribution is 0.104. The zero-order valence-electron chi connectivity index (χ0n) is 14.7. The summed E-state index contributed by atoms with van der Waals surface area (Å²) in [6.45, 7) is 0. The van der Waals surface area contributed by atoms with E-state index in [2.05, 4.69) is 0 Å². The van der Waals surface area contributed by atoms with Crippen LogP contribution in [-0.2, 0) is 0 Å². The molecule has 1 fully saturated rings. The van der Waals surface area contributed by atoms with E-state index in [4.69, 9.17) is 13.9 Å². The first kappa shape index (κ1) is 17.4. The molecule has 1 aliphatic rings. The van der Waals surface area contributed by atoms with Crippen LogP contribution in [-0.4, -0.2) is 25.1 Å². The second kappa shape index (κ2) is 7.64. The summed E-state index contributed by atoms with van der Waals surface area (Å²) < 4.78 is 16.0. The highest BCUT2D eigenvalue weighted by Gasteiger charge is 2.26. The largest absolute Gasteiger partial charge is 0.504 e. The van der Waals surface area contributed by atoms with Gasteiger partial charge in [-0.3, -0.25) is 4.79 Å². The third-order valence-corrected chi connectivity index (χ3v) is 4.87. The van der Waals surface area contributed by atoms with Crippen LogP contribution in [0.1, 0.15) is 48.9 Å². The summed E-state index contributed by atoms with van der Waals surface area (Å²) >= 11 is 0. The molecule has 0 spiro atoms. The van der Waals surface area contributed by atoms with Crippen LogP contribution in [0.2, 0.25) is 0 Å². The van der Waals surface area contributed by atoms with Crippen LogP contribution in [0.25, 0.3) is 11.0 Å². The molecule has 0 aliphatic heterocycles. The molecule has 0 saturated heterocycles. The molecular formula is C20H24O5. The predicted molar refractivity (Wildman–Crippen MR) is 95.6 cm³/mol. The highest BCUT2D eigenvalue weighted by molar-refractivity contribution is 6.13. The number of ether oxygens (including phenoxy) is 2. The fourth-order valence-corrected chi connectivity index (χ4v) is 3.57. The number of hydrogen-bond acceptors (Lipinski definition) is 5. The molecule has 5 heteroatoms. The minimum absolute atomic E-state index is 0.109. The van der Waals surface area contributed by atoms with E-state index in [0.29, 0.717) is 22.6 Å². The van der Waals surface area contributed by atoms with Crippen molar-refractivity contribution in [2.75, 3.05) is 14.2 Å². The van der Waals surface area contributed by atoms with Crippen LogP contribution in [0.3, 0.4) is 0 Å². The maximum absolute atomic E-state index is 12.8. The minimum atomic E-state index is -0.292. The number of aromatic hydroxyl groups is 1. The molecule has 0 radical (unpaired) electrons. The van der Waals surface area contributed by atoms with Gasteiger partial charge in [-0.05, 0) is 30.9 Å². The zero-order chi connectivity index (χ0) is 17.8. The maximum atomic E-state index is 12.8. The van der Waals surface area contributed by atoms with Gasteiger partial charge in [0, 0.05) is 0 Å². The van der Waals surface area contributed by atoms with Crippen molar-refractivity contribution in [1.82, 2.24) is 0 Å². The molecule has 0 amide bonds. The predicted octanol–water partition coefficient (Wildman–Crippen LogP) is 4.86. The Hall–Kier alpha value is -2.43. The van der Waals surface area contributed by atoms with E-state index in [1.807, 2.05) is 6.08 Å². The summed E-state index contributed by atoms with van der Waals surface area (Å²) in [5, 5.41) is 11.2. The van der Waals surface area contributed by atoms with Gasteiger partial charge in [-0.1, -0.05) is 31.8 Å². The van der Waals surface area contributed by atoms with E-state index in [1.54, 1.807) is 12.1 Å². The lowest BCUT2D eigenvalue weighted by atomic mass is 9.97. The van der Waals surface area contributed by atoms with Crippen LogP contribution in [0.15, 0.2) is 28.9 Å². The highest BCUT2D eigenvalue weighted by Crippen LogP contribution is 2.45. The molecule has 1 heterocycles. The van der Waals surface area contributed by atoms with Gasteiger partial charge in [0.1, 0.15) is 11.3 Å². The Morgan fingerprint density at radius 1 is 1.16 bits per heavy atom. The van der Waals surface area contributed by atoms with Crippen molar-refractivity contribution in [2.24, 2.45) is 5.92 Å². The molecule has 1 N–H and O–H groups in total. The van der Waals surface area contributed by atoms with Crippen molar-refractivity contribution in [1.29, 1.82) is 0 Å². The summed E-state index contributed by atoms with van der Waals surface area (Å²) in [4.78, 5) is 12.8. The maximum Gasteiger partial charge on any atom is 0.205 e. The number of ketones is 1. The molecule has 1 saturated carbocycles. The number of methoxy groups -OCH3 is 2. The average Bonchev–Trinajstić information content (AvgIpc) is 2.94. The normalized spacial score (nSPS) is 16.2. The first-order valence-corrected chi connectivity index (χ1v) is 8.74. The third kappa shape index (κ3) is 3.36. The third-order valence-electron chi connectivity index (χ3n) is 4.87. The van der Waals surface area contributed by atoms with E-state index in [0.717, 1.165) is 12.8 Å².